The molecule has 1 aliphatic rings. The molecule has 22 heavy (non-hydrogen) atoms. The van der Waals surface area contributed by atoms with Gasteiger partial charge in [0.15, 0.2) is 6.61 Å². The molecule has 0 radical (unpaired) electrons. The van der Waals surface area contributed by atoms with Crippen LogP contribution in [0.3, 0.4) is 0 Å². The number of imide groups is 1. The van der Waals surface area contributed by atoms with Crippen molar-refractivity contribution in [2.75, 3.05) is 6.61 Å². The van der Waals surface area contributed by atoms with Crippen molar-refractivity contribution in [2.45, 2.75) is 38.6 Å². The van der Waals surface area contributed by atoms with Gasteiger partial charge in [0, 0.05) is 6.04 Å². The predicted octanol–water partition coefficient (Wildman–Crippen LogP) is 2.31. The zero-order valence-corrected chi connectivity index (χ0v) is 13.3. The minimum atomic E-state index is -0.633. The highest BCUT2D eigenvalue weighted by molar-refractivity contribution is 7.11. The number of nitrogens with one attached hydrogen (secondary N) is 2. The summed E-state index contributed by atoms with van der Waals surface area (Å²) in [5.74, 6) is -0.788. The van der Waals surface area contributed by atoms with Crippen molar-refractivity contribution in [3.8, 4) is 0 Å². The van der Waals surface area contributed by atoms with E-state index in [2.05, 4.69) is 17.6 Å². The standard InChI is InChI=1S/C15H20N2O4S/c1-10-5-2-3-6-11(10)16-15(20)17-13(18)9-21-14(19)12-7-4-8-22-12/h4,7-8,10-11H,2-3,5-6,9H2,1H3,(H2,16,17,18,20). The van der Waals surface area contributed by atoms with Crippen LogP contribution in [0.5, 0.6) is 0 Å². The number of carbonyl (C=O) groups is 3. The van der Waals surface area contributed by atoms with E-state index in [4.69, 9.17) is 4.74 Å². The molecule has 1 aromatic rings. The quantitative estimate of drug-likeness (QED) is 0.832. The van der Waals surface area contributed by atoms with Gasteiger partial charge in [-0.25, -0.2) is 9.59 Å². The molecule has 1 aromatic heterocycles. The van der Waals surface area contributed by atoms with E-state index in [0.29, 0.717) is 10.8 Å². The number of ether oxygens (including phenoxy) is 1. The van der Waals surface area contributed by atoms with Crippen LogP contribution in [-0.2, 0) is 9.53 Å². The number of esters is 1. The summed E-state index contributed by atoms with van der Waals surface area (Å²) in [4.78, 5) is 35.4. The monoisotopic (exact) mass is 324 g/mol. The van der Waals surface area contributed by atoms with Crippen LogP contribution in [0.25, 0.3) is 0 Å². The maximum atomic E-state index is 11.8. The van der Waals surface area contributed by atoms with Gasteiger partial charge >= 0.3 is 12.0 Å². The molecule has 2 unspecified atom stereocenters. The molecule has 0 saturated heterocycles. The first-order valence-electron chi connectivity index (χ1n) is 7.37. The van der Waals surface area contributed by atoms with Crippen molar-refractivity contribution in [1.29, 1.82) is 0 Å². The first-order valence-corrected chi connectivity index (χ1v) is 8.25. The van der Waals surface area contributed by atoms with Crippen molar-refractivity contribution in [2.24, 2.45) is 5.92 Å². The van der Waals surface area contributed by atoms with Gasteiger partial charge < -0.3 is 10.1 Å². The normalized spacial score (nSPS) is 21.0. The molecule has 7 heteroatoms. The highest BCUT2D eigenvalue weighted by Gasteiger charge is 2.23. The number of carbonyl (C=O) groups excluding carboxylic acids is 3. The zero-order chi connectivity index (χ0) is 15.9. The van der Waals surface area contributed by atoms with Crippen LogP contribution in [0.1, 0.15) is 42.3 Å². The van der Waals surface area contributed by atoms with Gasteiger partial charge in [0.25, 0.3) is 5.91 Å². The van der Waals surface area contributed by atoms with Crippen LogP contribution >= 0.6 is 11.3 Å². The molecular formula is C15H20N2O4S. The number of hydrogen-bond acceptors (Lipinski definition) is 5. The molecule has 1 saturated carbocycles. The number of thiophene rings is 1. The van der Waals surface area contributed by atoms with Gasteiger partial charge in [-0.1, -0.05) is 25.8 Å². The molecule has 0 bridgehead atoms. The van der Waals surface area contributed by atoms with E-state index in [1.165, 1.54) is 17.8 Å². The molecular weight excluding hydrogens is 304 g/mol. The first-order chi connectivity index (χ1) is 10.6. The van der Waals surface area contributed by atoms with Crippen LogP contribution in [0.15, 0.2) is 17.5 Å². The van der Waals surface area contributed by atoms with Crippen molar-refractivity contribution in [3.63, 3.8) is 0 Å². The first kappa shape index (κ1) is 16.5. The van der Waals surface area contributed by atoms with Gasteiger partial charge in [0.2, 0.25) is 0 Å². The summed E-state index contributed by atoms with van der Waals surface area (Å²) in [6, 6.07) is 2.90. The third-order valence-corrected chi connectivity index (χ3v) is 4.59. The summed E-state index contributed by atoms with van der Waals surface area (Å²) in [5.41, 5.74) is 0. The van der Waals surface area contributed by atoms with E-state index in [1.807, 2.05) is 0 Å². The van der Waals surface area contributed by atoms with Crippen molar-refractivity contribution in [3.05, 3.63) is 22.4 Å². The summed E-state index contributed by atoms with van der Waals surface area (Å²) < 4.78 is 4.84. The molecule has 0 spiro atoms. The van der Waals surface area contributed by atoms with Gasteiger partial charge in [-0.2, -0.15) is 0 Å². The average Bonchev–Trinajstić information content (AvgIpc) is 3.01. The number of hydrogen-bond donors (Lipinski definition) is 2. The highest BCUT2D eigenvalue weighted by Crippen LogP contribution is 2.23. The maximum Gasteiger partial charge on any atom is 0.348 e. The van der Waals surface area contributed by atoms with Crippen molar-refractivity contribution < 1.29 is 19.1 Å². The van der Waals surface area contributed by atoms with E-state index in [9.17, 15) is 14.4 Å². The Kier molecular flexibility index (Phi) is 5.94. The second-order valence-corrected chi connectivity index (χ2v) is 6.39. The van der Waals surface area contributed by atoms with E-state index < -0.39 is 24.5 Å². The Morgan fingerprint density at radius 2 is 2.09 bits per heavy atom. The molecule has 1 fully saturated rings. The molecule has 2 rings (SSSR count). The van der Waals surface area contributed by atoms with Crippen LogP contribution in [0.2, 0.25) is 0 Å². The molecule has 0 aliphatic heterocycles. The zero-order valence-electron chi connectivity index (χ0n) is 12.5. The lowest BCUT2D eigenvalue weighted by atomic mass is 9.86. The summed E-state index contributed by atoms with van der Waals surface area (Å²) >= 11 is 1.23. The van der Waals surface area contributed by atoms with Crippen LogP contribution in [0.4, 0.5) is 4.79 Å². The average molecular weight is 324 g/mol. The Morgan fingerprint density at radius 1 is 1.32 bits per heavy atom. The molecule has 2 N–H and O–H groups in total. The molecule has 1 aliphatic carbocycles. The van der Waals surface area contributed by atoms with Crippen LogP contribution in [-0.4, -0.2) is 30.6 Å². The Bertz CT molecular complexity index is 530. The Labute approximate surface area is 133 Å². The Morgan fingerprint density at radius 3 is 2.77 bits per heavy atom. The molecule has 0 aromatic carbocycles. The van der Waals surface area contributed by atoms with E-state index in [-0.39, 0.29) is 6.04 Å². The van der Waals surface area contributed by atoms with Gasteiger partial charge in [-0.15, -0.1) is 11.3 Å². The summed E-state index contributed by atoms with van der Waals surface area (Å²) in [6.45, 7) is 1.62. The van der Waals surface area contributed by atoms with E-state index in [1.54, 1.807) is 17.5 Å². The number of amides is 3. The molecule has 1 heterocycles. The fourth-order valence-electron chi connectivity index (χ4n) is 2.49. The molecule has 120 valence electrons. The Balaban J connectivity index is 1.70. The molecule has 6 nitrogen and oxygen atoms in total. The minimum Gasteiger partial charge on any atom is -0.451 e. The second kappa shape index (κ2) is 7.93. The lowest BCUT2D eigenvalue weighted by molar-refractivity contribution is -0.123. The molecule has 3 amide bonds. The number of rotatable bonds is 4. The third kappa shape index (κ3) is 4.84. The molecule has 2 atom stereocenters. The van der Waals surface area contributed by atoms with Gasteiger partial charge in [-0.3, -0.25) is 10.1 Å². The summed E-state index contributed by atoms with van der Waals surface area (Å²) in [7, 11) is 0. The maximum absolute atomic E-state index is 11.8. The summed E-state index contributed by atoms with van der Waals surface area (Å²) in [6.07, 6.45) is 4.27. The fourth-order valence-corrected chi connectivity index (χ4v) is 3.11. The van der Waals surface area contributed by atoms with Crippen molar-refractivity contribution >= 4 is 29.2 Å². The smallest absolute Gasteiger partial charge is 0.348 e. The van der Waals surface area contributed by atoms with Gasteiger partial charge in [0.05, 0.1) is 0 Å². The van der Waals surface area contributed by atoms with Gasteiger partial charge in [0.1, 0.15) is 4.88 Å². The lowest BCUT2D eigenvalue weighted by Gasteiger charge is -2.29. The van der Waals surface area contributed by atoms with Crippen LogP contribution < -0.4 is 10.6 Å². The third-order valence-electron chi connectivity index (χ3n) is 3.74. The van der Waals surface area contributed by atoms with E-state index in [0.717, 1.165) is 19.3 Å². The predicted molar refractivity (Wildman–Crippen MR) is 82.7 cm³/mol. The Hall–Kier alpha value is -1.89. The second-order valence-electron chi connectivity index (χ2n) is 5.44. The lowest BCUT2D eigenvalue weighted by Crippen LogP contribution is -2.48. The summed E-state index contributed by atoms with van der Waals surface area (Å²) in [5, 5.41) is 6.74. The minimum absolute atomic E-state index is 0.0928. The van der Waals surface area contributed by atoms with Crippen molar-refractivity contribution in [1.82, 2.24) is 10.6 Å². The SMILES string of the molecule is CC1CCCCC1NC(=O)NC(=O)COC(=O)c1cccs1. The van der Waals surface area contributed by atoms with E-state index >= 15 is 0 Å². The van der Waals surface area contributed by atoms with Gasteiger partial charge in [-0.05, 0) is 30.2 Å². The van der Waals surface area contributed by atoms with Crippen LogP contribution in [0, 0.1) is 5.92 Å². The fraction of sp³-hybridized carbons (Fsp3) is 0.533. The number of urea groups is 1. The topological polar surface area (TPSA) is 84.5 Å². The highest BCUT2D eigenvalue weighted by atomic mass is 32.1. The largest absolute Gasteiger partial charge is 0.451 e.